The first-order chi connectivity index (χ1) is 7.04. The van der Waals surface area contributed by atoms with Gasteiger partial charge in [-0.1, -0.05) is 17.7 Å². The highest BCUT2D eigenvalue weighted by Crippen LogP contribution is 2.20. The zero-order valence-corrected chi connectivity index (χ0v) is 9.57. The summed E-state index contributed by atoms with van der Waals surface area (Å²) in [6.07, 6.45) is 0. The molecule has 0 saturated carbocycles. The summed E-state index contributed by atoms with van der Waals surface area (Å²) in [6, 6.07) is 3.90. The summed E-state index contributed by atoms with van der Waals surface area (Å²) in [5.74, 6) is -0.914. The van der Waals surface area contributed by atoms with E-state index < -0.39 is 11.9 Å². The van der Waals surface area contributed by atoms with Gasteiger partial charge in [0.25, 0.3) is 0 Å². The molecular weight excluding hydrogens is 240 g/mol. The summed E-state index contributed by atoms with van der Waals surface area (Å²) >= 11 is 10.9. The van der Waals surface area contributed by atoms with E-state index in [0.29, 0.717) is 10.6 Å². The molecule has 0 aliphatic rings. The molecule has 82 valence electrons. The highest BCUT2D eigenvalue weighted by molar-refractivity contribution is 6.30. The molecule has 0 fully saturated rings. The molecule has 1 aromatic carbocycles. The minimum Gasteiger partial charge on any atom is -0.348 e. The Labute approximate surface area is 97.4 Å². The third kappa shape index (κ3) is 3.36. The van der Waals surface area contributed by atoms with Crippen LogP contribution in [0, 0.1) is 5.82 Å². The average molecular weight is 250 g/mol. The van der Waals surface area contributed by atoms with E-state index >= 15 is 0 Å². The van der Waals surface area contributed by atoms with Gasteiger partial charge in [0.15, 0.2) is 0 Å². The summed E-state index contributed by atoms with van der Waals surface area (Å²) in [7, 11) is 0. The minimum atomic E-state index is -0.440. The smallest absolute Gasteiger partial charge is 0.235 e. The van der Waals surface area contributed by atoms with Gasteiger partial charge in [-0.3, -0.25) is 4.79 Å². The maximum Gasteiger partial charge on any atom is 0.235 e. The van der Waals surface area contributed by atoms with Crippen molar-refractivity contribution in [2.75, 3.05) is 5.88 Å². The molecule has 0 heterocycles. The molecule has 2 nitrogen and oxygen atoms in total. The molecule has 1 amide bonds. The van der Waals surface area contributed by atoms with E-state index in [9.17, 15) is 9.18 Å². The van der Waals surface area contributed by atoms with Crippen LogP contribution < -0.4 is 5.32 Å². The van der Waals surface area contributed by atoms with Gasteiger partial charge in [-0.25, -0.2) is 4.39 Å². The minimum absolute atomic E-state index is 0.139. The first kappa shape index (κ1) is 12.3. The molecule has 0 aliphatic carbocycles. The van der Waals surface area contributed by atoms with Crippen LogP contribution in [0.5, 0.6) is 0 Å². The lowest BCUT2D eigenvalue weighted by atomic mass is 10.1. The Hall–Kier alpha value is -0.800. The van der Waals surface area contributed by atoms with Crippen molar-refractivity contribution < 1.29 is 9.18 Å². The molecule has 15 heavy (non-hydrogen) atoms. The molecule has 0 aliphatic heterocycles. The van der Waals surface area contributed by atoms with Crippen molar-refractivity contribution in [2.24, 2.45) is 0 Å². The molecule has 1 atom stereocenters. The summed E-state index contributed by atoms with van der Waals surface area (Å²) in [4.78, 5) is 11.0. The van der Waals surface area contributed by atoms with E-state index in [1.165, 1.54) is 12.1 Å². The van der Waals surface area contributed by atoms with Crippen LogP contribution in [0.15, 0.2) is 18.2 Å². The molecular formula is C10H10Cl2FNO. The quantitative estimate of drug-likeness (QED) is 0.821. The number of carbonyl (C=O) groups excluding carboxylic acids is 1. The van der Waals surface area contributed by atoms with Crippen molar-refractivity contribution in [3.05, 3.63) is 34.6 Å². The van der Waals surface area contributed by atoms with Crippen LogP contribution in [0.25, 0.3) is 0 Å². The summed E-state index contributed by atoms with van der Waals surface area (Å²) < 4.78 is 13.4. The van der Waals surface area contributed by atoms with Gasteiger partial charge in [-0.2, -0.15) is 0 Å². The lowest BCUT2D eigenvalue weighted by molar-refractivity contribution is -0.119. The van der Waals surface area contributed by atoms with Crippen molar-refractivity contribution in [3.63, 3.8) is 0 Å². The number of carbonyl (C=O) groups is 1. The fourth-order valence-corrected chi connectivity index (χ4v) is 1.45. The molecule has 0 bridgehead atoms. The SMILES string of the molecule is C[C@H](NC(=O)CCl)c1ccc(Cl)cc1F. The molecule has 0 aromatic heterocycles. The van der Waals surface area contributed by atoms with Crippen LogP contribution in [0.2, 0.25) is 5.02 Å². The number of hydrogen-bond acceptors (Lipinski definition) is 1. The van der Waals surface area contributed by atoms with Gasteiger partial charge in [0.1, 0.15) is 11.7 Å². The van der Waals surface area contributed by atoms with Crippen LogP contribution in [-0.4, -0.2) is 11.8 Å². The molecule has 0 unspecified atom stereocenters. The predicted octanol–water partition coefficient (Wildman–Crippen LogP) is 2.90. The number of nitrogens with one attached hydrogen (secondary N) is 1. The zero-order chi connectivity index (χ0) is 11.4. The second-order valence-corrected chi connectivity index (χ2v) is 3.79. The Balaban J connectivity index is 2.82. The van der Waals surface area contributed by atoms with Gasteiger partial charge >= 0.3 is 0 Å². The number of amides is 1. The number of hydrogen-bond donors (Lipinski definition) is 1. The maximum absolute atomic E-state index is 13.4. The lowest BCUT2D eigenvalue weighted by Gasteiger charge is -2.14. The second kappa shape index (κ2) is 5.33. The topological polar surface area (TPSA) is 29.1 Å². The van der Waals surface area contributed by atoms with Crippen molar-refractivity contribution >= 4 is 29.1 Å². The van der Waals surface area contributed by atoms with Crippen molar-refractivity contribution in [3.8, 4) is 0 Å². The van der Waals surface area contributed by atoms with Crippen molar-refractivity contribution in [1.29, 1.82) is 0 Å². The molecule has 0 spiro atoms. The Morgan fingerprint density at radius 2 is 2.27 bits per heavy atom. The average Bonchev–Trinajstić information content (AvgIpc) is 2.17. The van der Waals surface area contributed by atoms with E-state index in [-0.39, 0.29) is 11.8 Å². The maximum atomic E-state index is 13.4. The Kier molecular flexibility index (Phi) is 4.36. The Bertz CT molecular complexity index is 370. The number of alkyl halides is 1. The zero-order valence-electron chi connectivity index (χ0n) is 8.06. The van der Waals surface area contributed by atoms with E-state index in [0.717, 1.165) is 0 Å². The number of halogens is 3. The van der Waals surface area contributed by atoms with E-state index in [1.807, 2.05) is 0 Å². The Morgan fingerprint density at radius 3 is 2.80 bits per heavy atom. The van der Waals surface area contributed by atoms with E-state index in [2.05, 4.69) is 5.32 Å². The first-order valence-corrected chi connectivity index (χ1v) is 5.26. The summed E-state index contributed by atoms with van der Waals surface area (Å²) in [6.45, 7) is 1.68. The summed E-state index contributed by atoms with van der Waals surface area (Å²) in [5.41, 5.74) is 0.387. The van der Waals surface area contributed by atoms with Crippen LogP contribution in [-0.2, 0) is 4.79 Å². The van der Waals surface area contributed by atoms with Gasteiger partial charge in [0.05, 0.1) is 6.04 Å². The summed E-state index contributed by atoms with van der Waals surface area (Å²) in [5, 5.41) is 2.88. The van der Waals surface area contributed by atoms with Gasteiger partial charge < -0.3 is 5.32 Å². The van der Waals surface area contributed by atoms with Crippen LogP contribution >= 0.6 is 23.2 Å². The van der Waals surface area contributed by atoms with Crippen LogP contribution in [0.1, 0.15) is 18.5 Å². The largest absolute Gasteiger partial charge is 0.348 e. The first-order valence-electron chi connectivity index (χ1n) is 4.35. The molecule has 1 N–H and O–H groups in total. The van der Waals surface area contributed by atoms with E-state index in [1.54, 1.807) is 13.0 Å². The third-order valence-electron chi connectivity index (χ3n) is 1.93. The van der Waals surface area contributed by atoms with Gasteiger partial charge in [0.2, 0.25) is 5.91 Å². The van der Waals surface area contributed by atoms with Crippen LogP contribution in [0.4, 0.5) is 4.39 Å². The number of rotatable bonds is 3. The highest BCUT2D eigenvalue weighted by Gasteiger charge is 2.12. The van der Waals surface area contributed by atoms with Crippen molar-refractivity contribution in [2.45, 2.75) is 13.0 Å². The fraction of sp³-hybridized carbons (Fsp3) is 0.300. The predicted molar refractivity (Wildman–Crippen MR) is 58.7 cm³/mol. The third-order valence-corrected chi connectivity index (χ3v) is 2.41. The van der Waals surface area contributed by atoms with Crippen molar-refractivity contribution in [1.82, 2.24) is 5.32 Å². The van der Waals surface area contributed by atoms with Gasteiger partial charge in [0, 0.05) is 10.6 Å². The molecule has 1 aromatic rings. The molecule has 0 radical (unpaired) electrons. The van der Waals surface area contributed by atoms with E-state index in [4.69, 9.17) is 23.2 Å². The van der Waals surface area contributed by atoms with Crippen LogP contribution in [0.3, 0.4) is 0 Å². The highest BCUT2D eigenvalue weighted by atomic mass is 35.5. The second-order valence-electron chi connectivity index (χ2n) is 3.09. The Morgan fingerprint density at radius 1 is 1.60 bits per heavy atom. The number of benzene rings is 1. The molecule has 1 rings (SSSR count). The fourth-order valence-electron chi connectivity index (χ4n) is 1.21. The standard InChI is InChI=1S/C10H10Cl2FNO/c1-6(14-10(15)5-11)8-3-2-7(12)4-9(8)13/h2-4,6H,5H2,1H3,(H,14,15)/t6-/m0/s1. The van der Waals surface area contributed by atoms with Gasteiger partial charge in [-0.15, -0.1) is 11.6 Å². The molecule has 0 saturated heterocycles. The van der Waals surface area contributed by atoms with Gasteiger partial charge in [-0.05, 0) is 19.1 Å². The normalized spacial score (nSPS) is 12.3. The lowest BCUT2D eigenvalue weighted by Crippen LogP contribution is -2.28. The molecule has 5 heteroatoms. The monoisotopic (exact) mass is 249 g/mol.